The van der Waals surface area contributed by atoms with Gasteiger partial charge in [-0.05, 0) is 16.4 Å². The number of rotatable bonds is 4. The predicted molar refractivity (Wildman–Crippen MR) is 98.2 cm³/mol. The van der Waals surface area contributed by atoms with Gasteiger partial charge in [0.15, 0.2) is 0 Å². The highest BCUT2D eigenvalue weighted by Crippen LogP contribution is 2.11. The number of benzene rings is 2. The van der Waals surface area contributed by atoms with E-state index in [4.69, 9.17) is 0 Å². The van der Waals surface area contributed by atoms with Crippen LogP contribution in [0.3, 0.4) is 0 Å². The molecule has 0 aliphatic heterocycles. The van der Waals surface area contributed by atoms with Crippen LogP contribution in [0.2, 0.25) is 19.1 Å². The minimum absolute atomic E-state index is 0.560. The fourth-order valence-corrected chi connectivity index (χ4v) is 7.50. The molecule has 0 atom stereocenters. The molecule has 0 amide bonds. The standard InChI is InChI=1S/C19H21Si2/c1-4-16-21(17-15-20(2)3,18-11-7-5-8-12-18)19-13-9-6-10-14-19/h4-14H,1,16H2,2-3H3. The first-order chi connectivity index (χ1) is 10.2. The molecule has 105 valence electrons. The first kappa shape index (κ1) is 15.6. The molecule has 2 aromatic rings. The van der Waals surface area contributed by atoms with E-state index in [0.717, 1.165) is 6.04 Å². The lowest BCUT2D eigenvalue weighted by Crippen LogP contribution is -2.57. The van der Waals surface area contributed by atoms with Gasteiger partial charge in [0.25, 0.3) is 0 Å². The summed E-state index contributed by atoms with van der Waals surface area (Å²) in [6.07, 6.45) is 2.04. The van der Waals surface area contributed by atoms with E-state index in [0.29, 0.717) is 0 Å². The zero-order chi connectivity index (χ0) is 15.1. The topological polar surface area (TPSA) is 0 Å². The van der Waals surface area contributed by atoms with Gasteiger partial charge in [0, 0.05) is 0 Å². The van der Waals surface area contributed by atoms with Crippen molar-refractivity contribution in [2.24, 2.45) is 0 Å². The van der Waals surface area contributed by atoms with Crippen LogP contribution in [0.5, 0.6) is 0 Å². The maximum absolute atomic E-state index is 4.00. The summed E-state index contributed by atoms with van der Waals surface area (Å²) in [6, 6.07) is 22.5. The third-order valence-electron chi connectivity index (χ3n) is 3.51. The van der Waals surface area contributed by atoms with Gasteiger partial charge in [-0.25, -0.2) is 0 Å². The van der Waals surface area contributed by atoms with Gasteiger partial charge < -0.3 is 0 Å². The van der Waals surface area contributed by atoms with Gasteiger partial charge in [-0.3, -0.25) is 0 Å². The van der Waals surface area contributed by atoms with Crippen LogP contribution in [0, 0.1) is 11.1 Å². The highest BCUT2D eigenvalue weighted by molar-refractivity contribution is 7.08. The van der Waals surface area contributed by atoms with Crippen LogP contribution in [0.15, 0.2) is 73.3 Å². The average Bonchev–Trinajstić information content (AvgIpc) is 2.53. The average molecular weight is 306 g/mol. The highest BCUT2D eigenvalue weighted by atomic mass is 28.3. The van der Waals surface area contributed by atoms with Crippen molar-refractivity contribution in [3.8, 4) is 11.1 Å². The molecule has 0 aromatic heterocycles. The maximum Gasteiger partial charge on any atom is 0.202 e. The van der Waals surface area contributed by atoms with Crippen molar-refractivity contribution in [1.29, 1.82) is 0 Å². The first-order valence-electron chi connectivity index (χ1n) is 7.24. The SMILES string of the molecule is C=CC[Si](C#C[Si](C)C)(c1ccccc1)c1ccccc1. The van der Waals surface area contributed by atoms with Crippen molar-refractivity contribution in [2.45, 2.75) is 19.1 Å². The van der Waals surface area contributed by atoms with E-state index in [1.165, 1.54) is 10.4 Å². The molecular formula is C19H21Si2. The van der Waals surface area contributed by atoms with Crippen molar-refractivity contribution >= 4 is 27.2 Å². The molecular weight excluding hydrogens is 284 g/mol. The fourth-order valence-electron chi connectivity index (χ4n) is 2.49. The molecule has 1 radical (unpaired) electrons. The van der Waals surface area contributed by atoms with Crippen molar-refractivity contribution in [3.63, 3.8) is 0 Å². The van der Waals surface area contributed by atoms with E-state index < -0.39 is 16.9 Å². The summed E-state index contributed by atoms with van der Waals surface area (Å²) in [5.74, 6) is 0. The molecule has 0 N–H and O–H groups in total. The monoisotopic (exact) mass is 305 g/mol. The molecule has 0 bridgehead atoms. The molecule has 0 nitrogen and oxygen atoms in total. The Balaban J connectivity index is 2.67. The van der Waals surface area contributed by atoms with E-state index in [-0.39, 0.29) is 0 Å². The molecule has 21 heavy (non-hydrogen) atoms. The fraction of sp³-hybridized carbons (Fsp3) is 0.158. The molecule has 0 heterocycles. The maximum atomic E-state index is 4.00. The van der Waals surface area contributed by atoms with E-state index >= 15 is 0 Å². The van der Waals surface area contributed by atoms with Gasteiger partial charge in [-0.2, -0.15) is 0 Å². The van der Waals surface area contributed by atoms with Gasteiger partial charge in [-0.1, -0.05) is 79.8 Å². The summed E-state index contributed by atoms with van der Waals surface area (Å²) in [6.45, 7) is 8.50. The van der Waals surface area contributed by atoms with Crippen molar-refractivity contribution in [3.05, 3.63) is 73.3 Å². The normalized spacial score (nSPS) is 10.8. The molecule has 0 spiro atoms. The third-order valence-corrected chi connectivity index (χ3v) is 8.48. The van der Waals surface area contributed by atoms with Gasteiger partial charge in [0.1, 0.15) is 8.80 Å². The molecule has 2 aromatic carbocycles. The van der Waals surface area contributed by atoms with Crippen molar-refractivity contribution in [2.75, 3.05) is 0 Å². The first-order valence-corrected chi connectivity index (χ1v) is 11.9. The Morgan fingerprint density at radius 2 is 1.43 bits per heavy atom. The Hall–Kier alpha value is -1.83. The van der Waals surface area contributed by atoms with Gasteiger partial charge in [0.05, 0.1) is 0 Å². The zero-order valence-corrected chi connectivity index (χ0v) is 14.8. The van der Waals surface area contributed by atoms with Gasteiger partial charge in [0.2, 0.25) is 8.07 Å². The van der Waals surface area contributed by atoms with Crippen LogP contribution >= 0.6 is 0 Å². The zero-order valence-electron chi connectivity index (χ0n) is 12.8. The van der Waals surface area contributed by atoms with Gasteiger partial charge in [-0.15, -0.1) is 17.7 Å². The van der Waals surface area contributed by atoms with Crippen LogP contribution in [0.4, 0.5) is 0 Å². The minimum atomic E-state index is -2.06. The second kappa shape index (κ2) is 7.26. The lowest BCUT2D eigenvalue weighted by atomic mass is 10.4. The summed E-state index contributed by atoms with van der Waals surface area (Å²) in [5, 5.41) is 2.76. The van der Waals surface area contributed by atoms with E-state index in [1.54, 1.807) is 0 Å². The molecule has 0 saturated heterocycles. The lowest BCUT2D eigenvalue weighted by molar-refractivity contribution is 1.60. The molecule has 0 unspecified atom stereocenters. The van der Waals surface area contributed by atoms with E-state index in [9.17, 15) is 0 Å². The third kappa shape index (κ3) is 3.63. The molecule has 2 rings (SSSR count). The molecule has 0 fully saturated rings. The summed E-state index contributed by atoms with van der Waals surface area (Å²) < 4.78 is 0. The number of allylic oxidation sites excluding steroid dienone is 1. The Bertz CT molecular complexity index is 594. The Kier molecular flexibility index (Phi) is 5.38. The summed E-state index contributed by atoms with van der Waals surface area (Å²) in [7, 11) is -2.62. The molecule has 0 aliphatic rings. The molecule has 0 aliphatic carbocycles. The second-order valence-corrected chi connectivity index (χ2v) is 11.3. The lowest BCUT2D eigenvalue weighted by Gasteiger charge is -2.26. The Labute approximate surface area is 131 Å². The Morgan fingerprint density at radius 3 is 1.81 bits per heavy atom. The summed E-state index contributed by atoms with van der Waals surface area (Å²) >= 11 is 0. The summed E-state index contributed by atoms with van der Waals surface area (Å²) in [5.41, 5.74) is 7.26. The number of hydrogen-bond acceptors (Lipinski definition) is 0. The predicted octanol–water partition coefficient (Wildman–Crippen LogP) is 3.27. The van der Waals surface area contributed by atoms with Crippen molar-refractivity contribution < 1.29 is 0 Å². The molecule has 0 saturated carbocycles. The Morgan fingerprint density at radius 1 is 0.952 bits per heavy atom. The number of hydrogen-bond donors (Lipinski definition) is 0. The quantitative estimate of drug-likeness (QED) is 0.462. The van der Waals surface area contributed by atoms with Crippen LogP contribution < -0.4 is 10.4 Å². The minimum Gasteiger partial charge on any atom is -0.140 e. The van der Waals surface area contributed by atoms with Gasteiger partial charge >= 0.3 is 0 Å². The summed E-state index contributed by atoms with van der Waals surface area (Å²) in [4.78, 5) is 0. The molecule has 2 heteroatoms. The second-order valence-electron chi connectivity index (χ2n) is 5.38. The van der Waals surface area contributed by atoms with Crippen LogP contribution in [-0.2, 0) is 0 Å². The van der Waals surface area contributed by atoms with Crippen molar-refractivity contribution in [1.82, 2.24) is 0 Å². The largest absolute Gasteiger partial charge is 0.202 e. The smallest absolute Gasteiger partial charge is 0.140 e. The van der Waals surface area contributed by atoms with Crippen LogP contribution in [-0.4, -0.2) is 16.9 Å². The van der Waals surface area contributed by atoms with Crippen LogP contribution in [0.25, 0.3) is 0 Å². The van der Waals surface area contributed by atoms with E-state index in [2.05, 4.69) is 91.4 Å². The highest BCUT2D eigenvalue weighted by Gasteiger charge is 2.34. The van der Waals surface area contributed by atoms with Crippen LogP contribution in [0.1, 0.15) is 0 Å². The van der Waals surface area contributed by atoms with E-state index in [1.807, 2.05) is 6.08 Å².